The maximum atomic E-state index is 12.2. The van der Waals surface area contributed by atoms with E-state index in [0.29, 0.717) is 24.4 Å². The number of ether oxygens (including phenoxy) is 1. The van der Waals surface area contributed by atoms with Crippen LogP contribution in [0.5, 0.6) is 5.88 Å². The third kappa shape index (κ3) is 4.43. The Bertz CT molecular complexity index is 651. The van der Waals surface area contributed by atoms with Gasteiger partial charge in [0.05, 0.1) is 29.3 Å². The number of nitrogens with one attached hydrogen (secondary N) is 1. The molecule has 3 rings (SSSR count). The van der Waals surface area contributed by atoms with Crippen molar-refractivity contribution >= 4 is 21.4 Å². The number of pyridine rings is 1. The molecule has 126 valence electrons. The van der Waals surface area contributed by atoms with Gasteiger partial charge in [-0.05, 0) is 44.6 Å². The highest BCUT2D eigenvalue weighted by Crippen LogP contribution is 2.24. The van der Waals surface area contributed by atoms with Crippen LogP contribution in [-0.4, -0.2) is 36.9 Å². The minimum Gasteiger partial charge on any atom is -0.474 e. The average molecular weight is 338 g/mol. The van der Waals surface area contributed by atoms with Crippen LogP contribution in [0.25, 0.3) is 0 Å². The van der Waals surface area contributed by atoms with Crippen molar-refractivity contribution in [2.75, 3.05) is 16.8 Å². The Hall–Kier alpha value is -1.63. The van der Waals surface area contributed by atoms with Gasteiger partial charge in [-0.3, -0.25) is 4.79 Å². The van der Waals surface area contributed by atoms with E-state index in [2.05, 4.69) is 10.3 Å². The number of amides is 1. The fraction of sp³-hybridized carbons (Fsp3) is 0.625. The molecule has 2 fully saturated rings. The van der Waals surface area contributed by atoms with Crippen LogP contribution in [-0.2, 0) is 14.6 Å². The molecule has 1 saturated carbocycles. The summed E-state index contributed by atoms with van der Waals surface area (Å²) in [5.41, 5.74) is 0.566. The minimum absolute atomic E-state index is 0.0604. The number of carbonyl (C=O) groups is 1. The summed E-state index contributed by atoms with van der Waals surface area (Å²) >= 11 is 0. The van der Waals surface area contributed by atoms with Crippen LogP contribution in [0.1, 0.15) is 38.5 Å². The third-order valence-corrected chi connectivity index (χ3v) is 6.25. The first-order valence-electron chi connectivity index (χ1n) is 8.16. The van der Waals surface area contributed by atoms with Crippen molar-refractivity contribution in [2.24, 2.45) is 5.92 Å². The normalized spacial score (nSPS) is 24.3. The summed E-state index contributed by atoms with van der Waals surface area (Å²) in [4.78, 5) is 16.4. The zero-order valence-corrected chi connectivity index (χ0v) is 13.8. The van der Waals surface area contributed by atoms with Gasteiger partial charge in [-0.15, -0.1) is 0 Å². The van der Waals surface area contributed by atoms with Crippen molar-refractivity contribution in [2.45, 2.75) is 44.6 Å². The summed E-state index contributed by atoms with van der Waals surface area (Å²) in [5.74, 6) is -0.0291. The van der Waals surface area contributed by atoms with Gasteiger partial charge in [0.15, 0.2) is 9.84 Å². The van der Waals surface area contributed by atoms with Gasteiger partial charge in [-0.25, -0.2) is 13.4 Å². The Morgan fingerprint density at radius 1 is 1.17 bits per heavy atom. The van der Waals surface area contributed by atoms with Gasteiger partial charge < -0.3 is 10.1 Å². The molecule has 1 aromatic rings. The van der Waals surface area contributed by atoms with Crippen LogP contribution in [0.3, 0.4) is 0 Å². The van der Waals surface area contributed by atoms with Gasteiger partial charge >= 0.3 is 0 Å². The highest BCUT2D eigenvalue weighted by molar-refractivity contribution is 7.91. The summed E-state index contributed by atoms with van der Waals surface area (Å²) in [7, 11) is -3.09. The standard InChI is InChI=1S/C16H22N2O4S/c19-16(12-4-3-9-23(20,21)11-12)18-13-7-8-15(17-10-13)22-14-5-1-2-6-14/h7-8,10,12,14H,1-6,9,11H2,(H,18,19)/t12-/m1/s1. The molecule has 0 aromatic carbocycles. The number of hydrogen-bond acceptors (Lipinski definition) is 5. The molecular formula is C16H22N2O4S. The van der Waals surface area contributed by atoms with E-state index in [1.165, 1.54) is 12.8 Å². The van der Waals surface area contributed by atoms with Crippen molar-refractivity contribution < 1.29 is 17.9 Å². The molecule has 1 N–H and O–H groups in total. The van der Waals surface area contributed by atoms with Crippen LogP contribution < -0.4 is 10.1 Å². The van der Waals surface area contributed by atoms with Crippen molar-refractivity contribution in [1.82, 2.24) is 4.98 Å². The number of sulfone groups is 1. The largest absolute Gasteiger partial charge is 0.474 e. The monoisotopic (exact) mass is 338 g/mol. The number of carbonyl (C=O) groups excluding carboxylic acids is 1. The summed E-state index contributed by atoms with van der Waals surface area (Å²) in [6.07, 6.45) is 7.49. The minimum atomic E-state index is -3.09. The zero-order valence-electron chi connectivity index (χ0n) is 13.0. The number of hydrogen-bond donors (Lipinski definition) is 1. The quantitative estimate of drug-likeness (QED) is 0.909. The summed E-state index contributed by atoms with van der Waals surface area (Å²) in [6.45, 7) is 0. The second-order valence-corrected chi connectivity index (χ2v) is 8.58. The number of rotatable bonds is 4. The lowest BCUT2D eigenvalue weighted by molar-refractivity contribution is -0.119. The molecule has 1 aliphatic heterocycles. The molecule has 0 bridgehead atoms. The molecule has 23 heavy (non-hydrogen) atoms. The lowest BCUT2D eigenvalue weighted by Crippen LogP contribution is -2.34. The second kappa shape index (κ2) is 6.86. The van der Waals surface area contributed by atoms with Crippen LogP contribution in [0.15, 0.2) is 18.3 Å². The zero-order chi connectivity index (χ0) is 16.3. The molecule has 2 heterocycles. The van der Waals surface area contributed by atoms with Crippen LogP contribution in [0.2, 0.25) is 0 Å². The molecule has 0 radical (unpaired) electrons. The van der Waals surface area contributed by atoms with E-state index in [0.717, 1.165) is 12.8 Å². The Balaban J connectivity index is 1.56. The molecule has 2 aliphatic rings. The summed E-state index contributed by atoms with van der Waals surface area (Å²) in [5, 5.41) is 2.75. The first-order chi connectivity index (χ1) is 11.0. The Morgan fingerprint density at radius 2 is 1.96 bits per heavy atom. The van der Waals surface area contributed by atoms with Crippen molar-refractivity contribution in [1.29, 1.82) is 0 Å². The third-order valence-electron chi connectivity index (χ3n) is 4.43. The van der Waals surface area contributed by atoms with Gasteiger partial charge in [-0.2, -0.15) is 0 Å². The molecule has 1 aliphatic carbocycles. The summed E-state index contributed by atoms with van der Waals surface area (Å²) in [6, 6.07) is 3.48. The molecule has 1 amide bonds. The van der Waals surface area contributed by atoms with Crippen LogP contribution in [0, 0.1) is 5.92 Å². The Labute approximate surface area is 136 Å². The molecule has 1 atom stereocenters. The van der Waals surface area contributed by atoms with E-state index >= 15 is 0 Å². The molecule has 6 nitrogen and oxygen atoms in total. The highest BCUT2D eigenvalue weighted by atomic mass is 32.2. The molecular weight excluding hydrogens is 316 g/mol. The van der Waals surface area contributed by atoms with Gasteiger partial charge in [0, 0.05) is 6.07 Å². The number of anilines is 1. The van der Waals surface area contributed by atoms with Gasteiger partial charge in [0.2, 0.25) is 11.8 Å². The number of nitrogens with zero attached hydrogens (tertiary/aromatic N) is 1. The molecule has 1 aromatic heterocycles. The fourth-order valence-electron chi connectivity index (χ4n) is 3.17. The summed E-state index contributed by atoms with van der Waals surface area (Å²) < 4.78 is 29.0. The molecule has 1 saturated heterocycles. The molecule has 0 spiro atoms. The van der Waals surface area contributed by atoms with E-state index in [9.17, 15) is 13.2 Å². The van der Waals surface area contributed by atoms with E-state index in [-0.39, 0.29) is 23.5 Å². The first kappa shape index (κ1) is 16.2. The SMILES string of the molecule is O=C(Nc1ccc(OC2CCCC2)nc1)[C@@H]1CCCS(=O)(=O)C1. The second-order valence-electron chi connectivity index (χ2n) is 6.35. The average Bonchev–Trinajstić information content (AvgIpc) is 3.01. The maximum Gasteiger partial charge on any atom is 0.228 e. The van der Waals surface area contributed by atoms with Crippen molar-refractivity contribution in [3.8, 4) is 5.88 Å². The maximum absolute atomic E-state index is 12.2. The lowest BCUT2D eigenvalue weighted by atomic mass is 10.0. The van der Waals surface area contributed by atoms with Crippen LogP contribution in [0.4, 0.5) is 5.69 Å². The Morgan fingerprint density at radius 3 is 2.61 bits per heavy atom. The number of aromatic nitrogens is 1. The topological polar surface area (TPSA) is 85.4 Å². The van der Waals surface area contributed by atoms with E-state index < -0.39 is 15.8 Å². The predicted molar refractivity (Wildman–Crippen MR) is 87.1 cm³/mol. The molecule has 0 unspecified atom stereocenters. The van der Waals surface area contributed by atoms with E-state index in [4.69, 9.17) is 4.74 Å². The smallest absolute Gasteiger partial charge is 0.228 e. The Kier molecular flexibility index (Phi) is 4.84. The van der Waals surface area contributed by atoms with Gasteiger partial charge in [0.25, 0.3) is 0 Å². The van der Waals surface area contributed by atoms with Gasteiger partial charge in [0.1, 0.15) is 6.10 Å². The lowest BCUT2D eigenvalue weighted by Gasteiger charge is -2.21. The van der Waals surface area contributed by atoms with E-state index in [1.807, 2.05) is 0 Å². The fourth-order valence-corrected chi connectivity index (χ4v) is 4.88. The molecule has 7 heteroatoms. The predicted octanol–water partition coefficient (Wildman–Crippen LogP) is 2.17. The van der Waals surface area contributed by atoms with Gasteiger partial charge in [-0.1, -0.05) is 0 Å². The highest BCUT2D eigenvalue weighted by Gasteiger charge is 2.29. The van der Waals surface area contributed by atoms with Crippen molar-refractivity contribution in [3.63, 3.8) is 0 Å². The van der Waals surface area contributed by atoms with Crippen LogP contribution >= 0.6 is 0 Å². The van der Waals surface area contributed by atoms with Crippen molar-refractivity contribution in [3.05, 3.63) is 18.3 Å². The first-order valence-corrected chi connectivity index (χ1v) is 9.98. The van der Waals surface area contributed by atoms with E-state index in [1.54, 1.807) is 18.3 Å².